The van der Waals surface area contributed by atoms with Gasteiger partial charge in [-0.3, -0.25) is 10.1 Å². The second-order valence-corrected chi connectivity index (χ2v) is 8.79. The fourth-order valence-electron chi connectivity index (χ4n) is 4.69. The number of benzene rings is 1. The van der Waals surface area contributed by atoms with Gasteiger partial charge in [0.15, 0.2) is 17.5 Å². The van der Waals surface area contributed by atoms with Crippen LogP contribution in [0.1, 0.15) is 44.6 Å². The Hall–Kier alpha value is -2.32. The Morgan fingerprint density at radius 1 is 1.03 bits per heavy atom. The summed E-state index contributed by atoms with van der Waals surface area (Å²) in [5.41, 5.74) is 1.21. The third kappa shape index (κ3) is 6.58. The largest absolute Gasteiger partial charge is 0.493 e. The molecule has 0 bridgehead atoms. The molecule has 1 saturated heterocycles. The molecular weight excluding hydrogens is 396 g/mol. The smallest absolute Gasteiger partial charge is 0.321 e. The lowest BCUT2D eigenvalue weighted by Crippen LogP contribution is -3.29. The molecule has 1 aliphatic heterocycles. The lowest BCUT2D eigenvalue weighted by atomic mass is 9.96. The van der Waals surface area contributed by atoms with Gasteiger partial charge in [0.2, 0.25) is 0 Å². The Labute approximate surface area is 185 Å². The van der Waals surface area contributed by atoms with Crippen molar-refractivity contribution in [3.63, 3.8) is 0 Å². The number of piperazine rings is 1. The fraction of sp³-hybridized carbons (Fsp3) is 0.652. The molecule has 1 saturated carbocycles. The van der Waals surface area contributed by atoms with Crippen LogP contribution in [0.4, 0.5) is 4.79 Å². The molecule has 8 heteroatoms. The van der Waals surface area contributed by atoms with Crippen molar-refractivity contribution >= 4 is 11.9 Å². The number of amides is 3. The first-order valence-electron chi connectivity index (χ1n) is 11.5. The molecule has 1 atom stereocenters. The highest BCUT2D eigenvalue weighted by molar-refractivity contribution is 5.96. The zero-order chi connectivity index (χ0) is 22.2. The molecule has 1 heterocycles. The second-order valence-electron chi connectivity index (χ2n) is 8.79. The summed E-state index contributed by atoms with van der Waals surface area (Å²) in [6, 6.07) is 5.68. The zero-order valence-electron chi connectivity index (χ0n) is 19.1. The van der Waals surface area contributed by atoms with Gasteiger partial charge in [-0.25, -0.2) is 4.79 Å². The van der Waals surface area contributed by atoms with E-state index in [1.165, 1.54) is 21.8 Å². The number of hydrogen-bond donors (Lipinski definition) is 4. The van der Waals surface area contributed by atoms with Gasteiger partial charge < -0.3 is 24.6 Å². The highest BCUT2D eigenvalue weighted by atomic mass is 16.5. The number of urea groups is 1. The standard InChI is InChI=1S/C23H36N4O4/c1-17(22(28)25-23(29)24-19-7-5-4-6-8-19)27-13-11-26(12-14-27)16-18-9-10-20(30-2)21(15-18)31-3/h9-10,15,17,19H,4-8,11-14,16H2,1-3H3,(H2,24,25,28,29)/p+2/t17-/m1/s1. The van der Waals surface area contributed by atoms with Crippen LogP contribution < -0.4 is 29.9 Å². The zero-order valence-corrected chi connectivity index (χ0v) is 19.1. The molecule has 1 aliphatic carbocycles. The van der Waals surface area contributed by atoms with Crippen LogP contribution in [0.15, 0.2) is 18.2 Å². The van der Waals surface area contributed by atoms with E-state index in [4.69, 9.17) is 9.47 Å². The Balaban J connectivity index is 1.43. The summed E-state index contributed by atoms with van der Waals surface area (Å²) < 4.78 is 10.7. The number of quaternary nitrogens is 2. The van der Waals surface area contributed by atoms with Gasteiger partial charge in [-0.15, -0.1) is 0 Å². The maximum Gasteiger partial charge on any atom is 0.321 e. The maximum absolute atomic E-state index is 12.6. The number of carbonyl (C=O) groups is 2. The van der Waals surface area contributed by atoms with E-state index in [9.17, 15) is 9.59 Å². The van der Waals surface area contributed by atoms with E-state index in [1.807, 2.05) is 19.1 Å². The molecule has 3 rings (SSSR count). The van der Waals surface area contributed by atoms with Crippen molar-refractivity contribution in [2.75, 3.05) is 40.4 Å². The maximum atomic E-state index is 12.6. The van der Waals surface area contributed by atoms with Gasteiger partial charge in [-0.05, 0) is 38.0 Å². The number of imide groups is 1. The van der Waals surface area contributed by atoms with Gasteiger partial charge in [0.25, 0.3) is 5.91 Å². The summed E-state index contributed by atoms with van der Waals surface area (Å²) in [4.78, 5) is 27.5. The lowest BCUT2D eigenvalue weighted by Gasteiger charge is -2.32. The van der Waals surface area contributed by atoms with Crippen LogP contribution in [0.3, 0.4) is 0 Å². The van der Waals surface area contributed by atoms with Crippen LogP contribution in [0.2, 0.25) is 0 Å². The quantitative estimate of drug-likeness (QED) is 0.468. The van der Waals surface area contributed by atoms with Gasteiger partial charge >= 0.3 is 6.03 Å². The van der Waals surface area contributed by atoms with E-state index in [0.717, 1.165) is 69.9 Å². The van der Waals surface area contributed by atoms with Gasteiger partial charge in [-0.2, -0.15) is 0 Å². The first-order chi connectivity index (χ1) is 15.0. The van der Waals surface area contributed by atoms with Crippen LogP contribution in [0.25, 0.3) is 0 Å². The summed E-state index contributed by atoms with van der Waals surface area (Å²) in [5, 5.41) is 5.51. The van der Waals surface area contributed by atoms with Crippen molar-refractivity contribution in [3.8, 4) is 11.5 Å². The average Bonchev–Trinajstić information content (AvgIpc) is 2.79. The van der Waals surface area contributed by atoms with Gasteiger partial charge in [-0.1, -0.05) is 19.3 Å². The molecule has 2 fully saturated rings. The first-order valence-corrected chi connectivity index (χ1v) is 11.5. The minimum Gasteiger partial charge on any atom is -0.493 e. The van der Waals surface area contributed by atoms with Crippen LogP contribution in [-0.2, 0) is 11.3 Å². The minimum atomic E-state index is -0.346. The summed E-state index contributed by atoms with van der Waals surface area (Å²) >= 11 is 0. The van der Waals surface area contributed by atoms with E-state index in [0.29, 0.717) is 0 Å². The third-order valence-electron chi connectivity index (χ3n) is 6.68. The van der Waals surface area contributed by atoms with Crippen molar-refractivity contribution < 1.29 is 28.9 Å². The number of carbonyl (C=O) groups excluding carboxylic acids is 2. The molecule has 0 spiro atoms. The number of rotatable bonds is 7. The number of ether oxygens (including phenoxy) is 2. The number of methoxy groups -OCH3 is 2. The molecular formula is C23H38N4O4+2. The van der Waals surface area contributed by atoms with Crippen LogP contribution in [-0.4, -0.2) is 64.4 Å². The average molecular weight is 435 g/mol. The van der Waals surface area contributed by atoms with E-state index >= 15 is 0 Å². The SMILES string of the molecule is COc1ccc(C[NH+]2CC[NH+]([C@H](C)C(=O)NC(=O)NC3CCCCC3)CC2)cc1OC. The number of hydrogen-bond acceptors (Lipinski definition) is 4. The van der Waals surface area contributed by atoms with Crippen LogP contribution in [0.5, 0.6) is 11.5 Å². The summed E-state index contributed by atoms with van der Waals surface area (Å²) in [6.45, 7) is 6.60. The Morgan fingerprint density at radius 3 is 2.35 bits per heavy atom. The van der Waals surface area contributed by atoms with Gasteiger partial charge in [0, 0.05) is 11.6 Å². The van der Waals surface area contributed by atoms with Crippen molar-refractivity contribution in [2.24, 2.45) is 0 Å². The van der Waals surface area contributed by atoms with Crippen molar-refractivity contribution in [2.45, 2.75) is 57.7 Å². The molecule has 1 aromatic carbocycles. The Kier molecular flexibility index (Phi) is 8.54. The Morgan fingerprint density at radius 2 is 1.71 bits per heavy atom. The van der Waals surface area contributed by atoms with Gasteiger partial charge in [0.05, 0.1) is 14.2 Å². The van der Waals surface area contributed by atoms with Crippen LogP contribution in [0, 0.1) is 0 Å². The topological polar surface area (TPSA) is 85.5 Å². The van der Waals surface area contributed by atoms with Gasteiger partial charge in [0.1, 0.15) is 32.7 Å². The van der Waals surface area contributed by atoms with Crippen molar-refractivity contribution in [3.05, 3.63) is 23.8 Å². The van der Waals surface area contributed by atoms with Crippen molar-refractivity contribution in [1.29, 1.82) is 0 Å². The molecule has 3 amide bonds. The monoisotopic (exact) mass is 434 g/mol. The van der Waals surface area contributed by atoms with Crippen molar-refractivity contribution in [1.82, 2.24) is 10.6 Å². The fourth-order valence-corrected chi connectivity index (χ4v) is 4.69. The highest BCUT2D eigenvalue weighted by Crippen LogP contribution is 2.27. The molecule has 172 valence electrons. The predicted octanol–water partition coefficient (Wildman–Crippen LogP) is -0.466. The van der Waals surface area contributed by atoms with Crippen LogP contribution >= 0.6 is 0 Å². The third-order valence-corrected chi connectivity index (χ3v) is 6.68. The lowest BCUT2D eigenvalue weighted by molar-refractivity contribution is -1.02. The molecule has 4 N–H and O–H groups in total. The number of nitrogens with one attached hydrogen (secondary N) is 4. The summed E-state index contributed by atoms with van der Waals surface area (Å²) in [5.74, 6) is 1.30. The summed E-state index contributed by atoms with van der Waals surface area (Å²) in [7, 11) is 3.29. The first kappa shape index (κ1) is 23.3. The van der Waals surface area contributed by atoms with E-state index < -0.39 is 0 Å². The van der Waals surface area contributed by atoms with E-state index in [1.54, 1.807) is 14.2 Å². The molecule has 2 aliphatic rings. The Bertz CT molecular complexity index is 743. The second kappa shape index (κ2) is 11.3. The molecule has 0 radical (unpaired) electrons. The molecule has 0 aromatic heterocycles. The normalized spacial score (nSPS) is 22.9. The van der Waals surface area contributed by atoms with E-state index in [-0.39, 0.29) is 24.0 Å². The molecule has 1 aromatic rings. The highest BCUT2D eigenvalue weighted by Gasteiger charge is 2.32. The minimum absolute atomic E-state index is 0.188. The van der Waals surface area contributed by atoms with E-state index in [2.05, 4.69) is 16.7 Å². The molecule has 0 unspecified atom stereocenters. The predicted molar refractivity (Wildman–Crippen MR) is 118 cm³/mol. The summed E-state index contributed by atoms with van der Waals surface area (Å²) in [6.07, 6.45) is 5.55. The molecule has 8 nitrogen and oxygen atoms in total. The molecule has 31 heavy (non-hydrogen) atoms.